The van der Waals surface area contributed by atoms with Crippen LogP contribution in [0.1, 0.15) is 32.8 Å². The lowest BCUT2D eigenvalue weighted by Crippen LogP contribution is -2.54. The highest BCUT2D eigenvalue weighted by Crippen LogP contribution is 2.48. The van der Waals surface area contributed by atoms with Crippen LogP contribution in [0, 0.1) is 11.7 Å². The van der Waals surface area contributed by atoms with Crippen molar-refractivity contribution in [3.8, 4) is 0 Å². The molecule has 27 heavy (non-hydrogen) atoms. The molecule has 5 nitrogen and oxygen atoms in total. The number of aliphatic imine (C=N–C) groups is 1. The van der Waals surface area contributed by atoms with Crippen molar-refractivity contribution in [1.29, 1.82) is 0 Å². The maximum absolute atomic E-state index is 14.8. The van der Waals surface area contributed by atoms with Crippen LogP contribution in [-0.4, -0.2) is 51.9 Å². The van der Waals surface area contributed by atoms with Crippen LogP contribution < -0.4 is 0 Å². The fourth-order valence-corrected chi connectivity index (χ4v) is 5.17. The first kappa shape index (κ1) is 20.1. The molecule has 0 bridgehead atoms. The van der Waals surface area contributed by atoms with Crippen LogP contribution in [0.5, 0.6) is 0 Å². The summed E-state index contributed by atoms with van der Waals surface area (Å²) in [6, 6.07) is 6.33. The number of halogens is 2. The van der Waals surface area contributed by atoms with E-state index in [9.17, 15) is 18.7 Å². The number of carboxylic acid groups (broad SMARTS) is 1. The van der Waals surface area contributed by atoms with E-state index in [1.807, 2.05) is 0 Å². The summed E-state index contributed by atoms with van der Waals surface area (Å²) >= 11 is 1.32. The smallest absolute Gasteiger partial charge is 0.413 e. The molecule has 0 radical (unpaired) electrons. The summed E-state index contributed by atoms with van der Waals surface area (Å²) in [5.74, 6) is -0.0670. The maximum Gasteiger partial charge on any atom is 0.413 e. The molecule has 0 unspecified atom stereocenters. The molecule has 148 valence electrons. The highest BCUT2D eigenvalue weighted by molar-refractivity contribution is 8.13. The summed E-state index contributed by atoms with van der Waals surface area (Å²) in [4.78, 5) is 17.9. The molecule has 3 rings (SSSR count). The number of nitrogens with zero attached hydrogens (tertiary/aromatic N) is 2. The van der Waals surface area contributed by atoms with E-state index in [0.717, 1.165) is 0 Å². The number of carbonyl (C=O) groups is 1. The Bertz CT molecular complexity index is 753. The Balaban J connectivity index is 2.17. The minimum atomic E-state index is -1.12. The summed E-state index contributed by atoms with van der Waals surface area (Å²) in [5.41, 5.74) is -1.39. The molecule has 1 aromatic carbocycles. The predicted molar refractivity (Wildman–Crippen MR) is 101 cm³/mol. The van der Waals surface area contributed by atoms with Crippen molar-refractivity contribution in [3.63, 3.8) is 0 Å². The molecule has 3 atom stereocenters. The first-order valence-corrected chi connectivity index (χ1v) is 9.86. The Morgan fingerprint density at radius 2 is 2.15 bits per heavy atom. The number of amidine groups is 1. The number of ether oxygens (including phenoxy) is 1. The highest BCUT2D eigenvalue weighted by atomic mass is 32.2. The van der Waals surface area contributed by atoms with E-state index >= 15 is 0 Å². The van der Waals surface area contributed by atoms with E-state index in [2.05, 4.69) is 0 Å². The van der Waals surface area contributed by atoms with Crippen LogP contribution in [0.3, 0.4) is 0 Å². The van der Waals surface area contributed by atoms with Gasteiger partial charge in [-0.2, -0.15) is 0 Å². The standard InChI is InChI=1S/C19H24F2N2O3S/c1-18(2,3)23(17(24)25)16-22-19(14-6-4-5-7-15(14)21)8-13(9-20)26-10-12(19)11-27-16/h4-7,12-13H,8-11H2,1-3H3,(H,24,25)/t12-,13+,19-/m0/s1. The zero-order valence-electron chi connectivity index (χ0n) is 15.6. The molecule has 1 N–H and O–H groups in total. The molecule has 0 saturated carbocycles. The van der Waals surface area contributed by atoms with Crippen molar-refractivity contribution in [2.24, 2.45) is 10.9 Å². The zero-order chi connectivity index (χ0) is 19.8. The molecular formula is C19H24F2N2O3S. The number of fused-ring (bicyclic) bond motifs is 1. The van der Waals surface area contributed by atoms with Gasteiger partial charge in [0.05, 0.1) is 18.2 Å². The summed E-state index contributed by atoms with van der Waals surface area (Å²) in [7, 11) is 0. The summed E-state index contributed by atoms with van der Waals surface area (Å²) < 4.78 is 33.8. The van der Waals surface area contributed by atoms with Gasteiger partial charge in [-0.05, 0) is 26.8 Å². The Hall–Kier alpha value is -1.67. The van der Waals surface area contributed by atoms with Gasteiger partial charge in [-0.3, -0.25) is 4.90 Å². The third kappa shape index (κ3) is 3.69. The molecule has 1 fully saturated rings. The Labute approximate surface area is 161 Å². The minimum absolute atomic E-state index is 0.165. The lowest BCUT2D eigenvalue weighted by molar-refractivity contribution is -0.0624. The van der Waals surface area contributed by atoms with Crippen molar-refractivity contribution in [2.75, 3.05) is 19.0 Å². The number of amides is 1. The van der Waals surface area contributed by atoms with Crippen molar-refractivity contribution in [1.82, 2.24) is 4.90 Å². The van der Waals surface area contributed by atoms with Crippen LogP contribution in [0.15, 0.2) is 29.3 Å². The second-order valence-electron chi connectivity index (χ2n) is 7.91. The van der Waals surface area contributed by atoms with Crippen LogP contribution in [-0.2, 0) is 10.3 Å². The third-order valence-corrected chi connectivity index (χ3v) is 6.12. The van der Waals surface area contributed by atoms with Crippen LogP contribution in [0.4, 0.5) is 13.6 Å². The molecular weight excluding hydrogens is 374 g/mol. The van der Waals surface area contributed by atoms with Crippen LogP contribution >= 0.6 is 11.8 Å². The first-order valence-electron chi connectivity index (χ1n) is 8.87. The van der Waals surface area contributed by atoms with E-state index in [1.54, 1.807) is 39.0 Å². The first-order chi connectivity index (χ1) is 12.7. The number of hydrogen-bond acceptors (Lipinski definition) is 4. The van der Waals surface area contributed by atoms with Gasteiger partial charge in [-0.25, -0.2) is 18.6 Å². The monoisotopic (exact) mass is 398 g/mol. The van der Waals surface area contributed by atoms with Crippen molar-refractivity contribution >= 4 is 23.0 Å². The lowest BCUT2D eigenvalue weighted by atomic mass is 9.73. The molecule has 0 aromatic heterocycles. The normalized spacial score (nSPS) is 28.3. The third-order valence-electron chi connectivity index (χ3n) is 5.02. The van der Waals surface area contributed by atoms with Gasteiger partial charge in [0.15, 0.2) is 5.17 Å². The number of hydrogen-bond donors (Lipinski definition) is 1. The van der Waals surface area contributed by atoms with Gasteiger partial charge < -0.3 is 9.84 Å². The van der Waals surface area contributed by atoms with Gasteiger partial charge in [0.2, 0.25) is 0 Å². The molecule has 1 saturated heterocycles. The van der Waals surface area contributed by atoms with Gasteiger partial charge >= 0.3 is 6.09 Å². The van der Waals surface area contributed by atoms with Gasteiger partial charge in [-0.1, -0.05) is 30.0 Å². The number of rotatable bonds is 2. The summed E-state index contributed by atoms with van der Waals surface area (Å²) in [5, 5.41) is 10.1. The molecule has 2 heterocycles. The fraction of sp³-hybridized carbons (Fsp3) is 0.579. The molecule has 1 aromatic rings. The second-order valence-corrected chi connectivity index (χ2v) is 8.90. The largest absolute Gasteiger partial charge is 0.465 e. The molecule has 2 aliphatic rings. The quantitative estimate of drug-likeness (QED) is 0.808. The molecule has 0 spiro atoms. The van der Waals surface area contributed by atoms with Crippen LogP contribution in [0.25, 0.3) is 0 Å². The average molecular weight is 398 g/mol. The number of alkyl halides is 1. The topological polar surface area (TPSA) is 62.1 Å². The van der Waals surface area contributed by atoms with E-state index < -0.39 is 35.8 Å². The second kappa shape index (κ2) is 7.39. The van der Waals surface area contributed by atoms with Crippen molar-refractivity contribution in [2.45, 2.75) is 44.4 Å². The van der Waals surface area contributed by atoms with Crippen molar-refractivity contribution < 1.29 is 23.4 Å². The van der Waals surface area contributed by atoms with Gasteiger partial charge in [-0.15, -0.1) is 0 Å². The molecule has 2 aliphatic heterocycles. The van der Waals surface area contributed by atoms with E-state index in [1.165, 1.54) is 22.7 Å². The summed E-state index contributed by atoms with van der Waals surface area (Å²) in [6.07, 6.45) is -1.64. The van der Waals surface area contributed by atoms with Crippen LogP contribution in [0.2, 0.25) is 0 Å². The van der Waals surface area contributed by atoms with E-state index in [-0.39, 0.29) is 18.9 Å². The Kier molecular flexibility index (Phi) is 5.49. The summed E-state index contributed by atoms with van der Waals surface area (Å²) in [6.45, 7) is 4.90. The SMILES string of the molecule is CC(C)(C)N(C(=O)O)C1=N[C@@]2(c3ccccc3F)C[C@H](CF)OC[C@H]2CS1. The van der Waals surface area contributed by atoms with Gasteiger partial charge in [0, 0.05) is 29.2 Å². The Morgan fingerprint density at radius 3 is 2.74 bits per heavy atom. The van der Waals surface area contributed by atoms with E-state index in [4.69, 9.17) is 9.73 Å². The molecule has 0 aliphatic carbocycles. The van der Waals surface area contributed by atoms with Crippen molar-refractivity contribution in [3.05, 3.63) is 35.6 Å². The predicted octanol–water partition coefficient (Wildman–Crippen LogP) is 4.28. The van der Waals surface area contributed by atoms with Gasteiger partial charge in [0.1, 0.15) is 12.5 Å². The fourth-order valence-electron chi connectivity index (χ4n) is 3.74. The van der Waals surface area contributed by atoms with E-state index in [0.29, 0.717) is 16.5 Å². The average Bonchev–Trinajstić information content (AvgIpc) is 2.59. The maximum atomic E-state index is 14.8. The zero-order valence-corrected chi connectivity index (χ0v) is 16.4. The Morgan fingerprint density at radius 1 is 1.44 bits per heavy atom. The number of thioether (sulfide) groups is 1. The minimum Gasteiger partial charge on any atom is -0.465 e. The highest BCUT2D eigenvalue weighted by Gasteiger charge is 2.51. The lowest BCUT2D eigenvalue weighted by Gasteiger charge is -2.48. The number of benzene rings is 1. The van der Waals surface area contributed by atoms with Gasteiger partial charge in [0.25, 0.3) is 0 Å². The molecule has 8 heteroatoms. The molecule has 1 amide bonds.